The van der Waals surface area contributed by atoms with Gasteiger partial charge in [0.15, 0.2) is 0 Å². The molecule has 2 rings (SSSR count). The molecule has 1 amide bonds. The number of nitrogens with two attached hydrogens (primary N) is 1. The van der Waals surface area contributed by atoms with E-state index in [1.807, 2.05) is 11.8 Å². The van der Waals surface area contributed by atoms with Gasteiger partial charge in [-0.05, 0) is 38.3 Å². The van der Waals surface area contributed by atoms with Gasteiger partial charge in [-0.3, -0.25) is 4.79 Å². The summed E-state index contributed by atoms with van der Waals surface area (Å²) in [6.07, 6.45) is 5.09. The number of anilines is 2. The molecule has 1 aromatic heterocycles. The van der Waals surface area contributed by atoms with E-state index in [-0.39, 0.29) is 11.9 Å². The van der Waals surface area contributed by atoms with Gasteiger partial charge in [0.05, 0.1) is 5.69 Å². The van der Waals surface area contributed by atoms with Gasteiger partial charge in [-0.2, -0.15) is 0 Å². The van der Waals surface area contributed by atoms with E-state index in [2.05, 4.69) is 10.3 Å². The third-order valence-electron chi connectivity index (χ3n) is 3.23. The van der Waals surface area contributed by atoms with Crippen LogP contribution in [0.5, 0.6) is 0 Å². The molecule has 5 heteroatoms. The average Bonchev–Trinajstić information content (AvgIpc) is 2.41. The van der Waals surface area contributed by atoms with Gasteiger partial charge in [0.2, 0.25) is 5.91 Å². The predicted molar refractivity (Wildman–Crippen MR) is 72.2 cm³/mol. The number of pyridine rings is 1. The molecule has 0 bridgehead atoms. The van der Waals surface area contributed by atoms with Gasteiger partial charge in [0.25, 0.3) is 0 Å². The number of rotatable bonds is 3. The Balaban J connectivity index is 1.96. The van der Waals surface area contributed by atoms with E-state index < -0.39 is 0 Å². The summed E-state index contributed by atoms with van der Waals surface area (Å²) in [5.74, 6) is 0.704. The first-order valence-electron chi connectivity index (χ1n) is 6.44. The Labute approximate surface area is 107 Å². The number of likely N-dealkylation sites (tertiary alicyclic amines) is 1. The second kappa shape index (κ2) is 5.71. The molecule has 1 aromatic rings. The first kappa shape index (κ1) is 12.7. The molecule has 1 unspecified atom stereocenters. The molecule has 0 saturated carbocycles. The smallest absolute Gasteiger partial charge is 0.244 e. The lowest BCUT2D eigenvalue weighted by molar-refractivity contribution is -0.132. The number of piperidine rings is 1. The van der Waals surface area contributed by atoms with Crippen LogP contribution in [-0.2, 0) is 4.79 Å². The fourth-order valence-electron chi connectivity index (χ4n) is 2.19. The molecule has 1 saturated heterocycles. The molecule has 0 spiro atoms. The van der Waals surface area contributed by atoms with Gasteiger partial charge in [0, 0.05) is 19.3 Å². The van der Waals surface area contributed by atoms with E-state index in [0.29, 0.717) is 11.5 Å². The van der Waals surface area contributed by atoms with Crippen LogP contribution < -0.4 is 11.1 Å². The van der Waals surface area contributed by atoms with E-state index in [9.17, 15) is 4.79 Å². The number of amides is 1. The summed E-state index contributed by atoms with van der Waals surface area (Å²) in [5, 5.41) is 3.08. The zero-order valence-electron chi connectivity index (χ0n) is 10.7. The number of carbonyl (C=O) groups is 1. The van der Waals surface area contributed by atoms with Gasteiger partial charge in [-0.15, -0.1) is 0 Å². The third kappa shape index (κ3) is 2.91. The largest absolute Gasteiger partial charge is 0.396 e. The fourth-order valence-corrected chi connectivity index (χ4v) is 2.19. The van der Waals surface area contributed by atoms with Crippen LogP contribution in [0.25, 0.3) is 0 Å². The summed E-state index contributed by atoms with van der Waals surface area (Å²) < 4.78 is 0. The Morgan fingerprint density at radius 3 is 2.83 bits per heavy atom. The Kier molecular flexibility index (Phi) is 4.02. The number of hydrogen-bond acceptors (Lipinski definition) is 4. The lowest BCUT2D eigenvalue weighted by atomic mass is 10.1. The molecule has 0 aromatic carbocycles. The molecule has 0 radical (unpaired) electrons. The number of nitrogens with zero attached hydrogens (tertiary/aromatic N) is 2. The first-order valence-corrected chi connectivity index (χ1v) is 6.44. The molecule has 18 heavy (non-hydrogen) atoms. The molecule has 5 nitrogen and oxygen atoms in total. The van der Waals surface area contributed by atoms with Crippen molar-refractivity contribution >= 4 is 17.4 Å². The van der Waals surface area contributed by atoms with Crippen molar-refractivity contribution in [2.24, 2.45) is 0 Å². The van der Waals surface area contributed by atoms with Gasteiger partial charge >= 0.3 is 0 Å². The maximum absolute atomic E-state index is 12.2. The molecule has 0 aliphatic carbocycles. The van der Waals surface area contributed by atoms with E-state index in [1.165, 1.54) is 6.42 Å². The lowest BCUT2D eigenvalue weighted by Crippen LogP contribution is -2.44. The monoisotopic (exact) mass is 248 g/mol. The number of carbonyl (C=O) groups excluding carboxylic acids is 1. The molecular weight excluding hydrogens is 228 g/mol. The van der Waals surface area contributed by atoms with Gasteiger partial charge in [-0.1, -0.05) is 0 Å². The third-order valence-corrected chi connectivity index (χ3v) is 3.23. The Morgan fingerprint density at radius 1 is 1.44 bits per heavy atom. The number of nitrogen functional groups attached to an aromatic ring is 1. The van der Waals surface area contributed by atoms with Crippen LogP contribution in [0.2, 0.25) is 0 Å². The summed E-state index contributed by atoms with van der Waals surface area (Å²) >= 11 is 0. The Morgan fingerprint density at radius 2 is 2.17 bits per heavy atom. The van der Waals surface area contributed by atoms with Crippen molar-refractivity contribution in [3.63, 3.8) is 0 Å². The molecule has 2 heterocycles. The molecule has 1 aliphatic heterocycles. The van der Waals surface area contributed by atoms with Crippen molar-refractivity contribution in [1.82, 2.24) is 9.88 Å². The summed E-state index contributed by atoms with van der Waals surface area (Å²) in [4.78, 5) is 18.3. The second-order valence-corrected chi connectivity index (χ2v) is 4.69. The molecule has 1 fully saturated rings. The van der Waals surface area contributed by atoms with Crippen molar-refractivity contribution in [3.8, 4) is 0 Å². The Hall–Kier alpha value is -1.78. The number of aromatic nitrogens is 1. The van der Waals surface area contributed by atoms with E-state index in [1.54, 1.807) is 18.3 Å². The second-order valence-electron chi connectivity index (χ2n) is 4.69. The summed E-state index contributed by atoms with van der Waals surface area (Å²) in [7, 11) is 0. The van der Waals surface area contributed by atoms with Crippen LogP contribution in [0.3, 0.4) is 0 Å². The lowest BCUT2D eigenvalue weighted by Gasteiger charge is -2.29. The minimum atomic E-state index is -0.291. The van der Waals surface area contributed by atoms with Crippen molar-refractivity contribution in [2.45, 2.75) is 32.2 Å². The average molecular weight is 248 g/mol. The minimum absolute atomic E-state index is 0.125. The quantitative estimate of drug-likeness (QED) is 0.850. The number of hydrogen-bond donors (Lipinski definition) is 2. The van der Waals surface area contributed by atoms with Crippen LogP contribution in [-0.4, -0.2) is 34.9 Å². The number of nitrogens with one attached hydrogen (secondary N) is 1. The zero-order chi connectivity index (χ0) is 13.0. The maximum atomic E-state index is 12.2. The standard InChI is InChI=1S/C13H20N4O/c1-10(13(18)17-8-3-2-4-9-17)16-12-11(14)6-5-7-15-12/h5-7,10H,2-4,8-9,14H2,1H3,(H,15,16). The highest BCUT2D eigenvalue weighted by molar-refractivity contribution is 5.85. The van der Waals surface area contributed by atoms with E-state index in [4.69, 9.17) is 5.73 Å². The summed E-state index contributed by atoms with van der Waals surface area (Å²) in [6.45, 7) is 3.58. The highest BCUT2D eigenvalue weighted by atomic mass is 16.2. The van der Waals surface area contributed by atoms with Crippen LogP contribution >= 0.6 is 0 Å². The van der Waals surface area contributed by atoms with Gasteiger partial charge in [0.1, 0.15) is 11.9 Å². The SMILES string of the molecule is CC(Nc1ncccc1N)C(=O)N1CCCCC1. The summed E-state index contributed by atoms with van der Waals surface area (Å²) in [5.41, 5.74) is 6.36. The highest BCUT2D eigenvalue weighted by Gasteiger charge is 2.22. The molecule has 98 valence electrons. The van der Waals surface area contributed by atoms with Gasteiger partial charge in [-0.25, -0.2) is 4.98 Å². The first-order chi connectivity index (χ1) is 8.68. The predicted octanol–water partition coefficient (Wildman–Crippen LogP) is 1.48. The van der Waals surface area contributed by atoms with Crippen LogP contribution in [0, 0.1) is 0 Å². The van der Waals surface area contributed by atoms with Crippen molar-refractivity contribution in [3.05, 3.63) is 18.3 Å². The van der Waals surface area contributed by atoms with Crippen LogP contribution in [0.1, 0.15) is 26.2 Å². The van der Waals surface area contributed by atoms with E-state index >= 15 is 0 Å². The Bertz CT molecular complexity index is 415. The van der Waals surface area contributed by atoms with Crippen molar-refractivity contribution in [1.29, 1.82) is 0 Å². The maximum Gasteiger partial charge on any atom is 0.244 e. The molecule has 3 N–H and O–H groups in total. The minimum Gasteiger partial charge on any atom is -0.396 e. The molecular formula is C13H20N4O. The van der Waals surface area contributed by atoms with Crippen LogP contribution in [0.15, 0.2) is 18.3 Å². The van der Waals surface area contributed by atoms with Crippen molar-refractivity contribution in [2.75, 3.05) is 24.1 Å². The zero-order valence-corrected chi connectivity index (χ0v) is 10.7. The van der Waals surface area contributed by atoms with Crippen LogP contribution in [0.4, 0.5) is 11.5 Å². The summed E-state index contributed by atoms with van der Waals surface area (Å²) in [6, 6.07) is 3.26. The molecule has 1 atom stereocenters. The fraction of sp³-hybridized carbons (Fsp3) is 0.538. The van der Waals surface area contributed by atoms with E-state index in [0.717, 1.165) is 25.9 Å². The highest BCUT2D eigenvalue weighted by Crippen LogP contribution is 2.16. The van der Waals surface area contributed by atoms with Crippen molar-refractivity contribution < 1.29 is 4.79 Å². The molecule has 1 aliphatic rings. The van der Waals surface area contributed by atoms with Gasteiger partial charge < -0.3 is 16.0 Å². The normalized spacial score (nSPS) is 17.3. The topological polar surface area (TPSA) is 71.2 Å².